The number of fused-ring (bicyclic) bond motifs is 1. The normalized spacial score (nSPS) is 22.3. The number of halogens is 6. The number of hydrogen-bond acceptors (Lipinski definition) is 5. The van der Waals surface area contributed by atoms with E-state index in [-0.39, 0.29) is 54.3 Å². The Morgan fingerprint density at radius 3 is 2.73 bits per heavy atom. The van der Waals surface area contributed by atoms with Gasteiger partial charge < -0.3 is 10.1 Å². The minimum Gasteiger partial charge on any atom is -0.363 e. The largest absolute Gasteiger partial charge is 0.363 e. The van der Waals surface area contributed by atoms with Gasteiger partial charge in [0.2, 0.25) is 5.28 Å². The van der Waals surface area contributed by atoms with Crippen LogP contribution >= 0.6 is 11.6 Å². The van der Waals surface area contributed by atoms with Crippen LogP contribution in [0.2, 0.25) is 5.28 Å². The van der Waals surface area contributed by atoms with Crippen LogP contribution in [0, 0.1) is 17.7 Å². The van der Waals surface area contributed by atoms with E-state index < -0.39 is 30.0 Å². The highest BCUT2D eigenvalue weighted by Crippen LogP contribution is 2.36. The number of nitrogens with zero attached hydrogens (tertiary/aromatic N) is 2. The monoisotopic (exact) mass is 545 g/mol. The zero-order chi connectivity index (χ0) is 26.7. The summed E-state index contributed by atoms with van der Waals surface area (Å²) in [5.41, 5.74) is 0.963. The Morgan fingerprint density at radius 2 is 1.97 bits per heavy atom. The first-order valence-corrected chi connectivity index (χ1v) is 12.8. The summed E-state index contributed by atoms with van der Waals surface area (Å²) in [7, 11) is 0. The van der Waals surface area contributed by atoms with Gasteiger partial charge in [-0.15, -0.1) is 0 Å². The van der Waals surface area contributed by atoms with Crippen molar-refractivity contribution in [3.05, 3.63) is 51.7 Å². The van der Waals surface area contributed by atoms with Crippen molar-refractivity contribution in [2.45, 2.75) is 76.9 Å². The van der Waals surface area contributed by atoms with Gasteiger partial charge in [-0.2, -0.15) is 8.78 Å². The van der Waals surface area contributed by atoms with Crippen molar-refractivity contribution in [2.24, 2.45) is 11.8 Å². The smallest absolute Gasteiger partial charge is 0.355 e. The minimum absolute atomic E-state index is 0.0123. The first kappa shape index (κ1) is 27.7. The average molecular weight is 546 g/mol. The van der Waals surface area contributed by atoms with Gasteiger partial charge >= 0.3 is 6.11 Å². The van der Waals surface area contributed by atoms with Gasteiger partial charge in [0.15, 0.2) is 0 Å². The van der Waals surface area contributed by atoms with E-state index in [0.29, 0.717) is 37.9 Å². The predicted octanol–water partition coefficient (Wildman–Crippen LogP) is 7.24. The van der Waals surface area contributed by atoms with Crippen molar-refractivity contribution in [1.82, 2.24) is 9.97 Å². The molecule has 2 heterocycles. The molecule has 1 N–H and O–H groups in total. The zero-order valence-electron chi connectivity index (χ0n) is 20.4. The first-order chi connectivity index (χ1) is 17.5. The summed E-state index contributed by atoms with van der Waals surface area (Å²) >= 11 is 6.13. The zero-order valence-corrected chi connectivity index (χ0v) is 21.1. The maximum atomic E-state index is 14.7. The fraction of sp³-hybridized carbons (Fsp3) is 0.577. The van der Waals surface area contributed by atoms with Crippen LogP contribution < -0.4 is 5.32 Å². The molecular weight excluding hydrogens is 517 g/mol. The van der Waals surface area contributed by atoms with Crippen LogP contribution in [0.25, 0.3) is 0 Å². The van der Waals surface area contributed by atoms with Crippen LogP contribution in [0.1, 0.15) is 80.3 Å². The summed E-state index contributed by atoms with van der Waals surface area (Å²) in [4.78, 5) is 21.4. The molecule has 1 aliphatic carbocycles. The second-order valence-corrected chi connectivity index (χ2v) is 10.2. The molecule has 0 radical (unpaired) electrons. The molecule has 37 heavy (non-hydrogen) atoms. The van der Waals surface area contributed by atoms with E-state index in [4.69, 9.17) is 11.6 Å². The number of Topliss-reactive ketones (excluding diaryl/α,β-unsaturated/α-hetero) is 1. The third-order valence-electron chi connectivity index (χ3n) is 7.21. The van der Waals surface area contributed by atoms with Crippen LogP contribution in [-0.4, -0.2) is 28.5 Å². The number of carbonyl (C=O) groups is 1. The molecule has 2 aromatic rings. The molecule has 1 fully saturated rings. The molecule has 4 rings (SSSR count). The Hall–Kier alpha value is -2.33. The number of aromatic nitrogens is 2. The lowest BCUT2D eigenvalue weighted by molar-refractivity contribution is -0.247. The molecule has 5 nitrogen and oxygen atoms in total. The standard InChI is InChI=1S/C26H29ClF5N3O2/c1-14(17-5-2-6-18(22(17)28)23(29)30)33-24-19-12-15(13-20(19)34-25(27)35-24)7-8-21(36)16-4-3-10-26(31,32)37-11-9-16/h2,5-6,14-16,23H,3-4,7-13H2,1H3,(H,33,34,35)/t14-,15?,16?/m1/s1. The second-order valence-electron chi connectivity index (χ2n) is 9.83. The highest BCUT2D eigenvalue weighted by Gasteiger charge is 2.34. The van der Waals surface area contributed by atoms with Gasteiger partial charge in [0, 0.05) is 29.9 Å². The predicted molar refractivity (Wildman–Crippen MR) is 128 cm³/mol. The van der Waals surface area contributed by atoms with Gasteiger partial charge in [0.1, 0.15) is 17.4 Å². The van der Waals surface area contributed by atoms with E-state index in [1.54, 1.807) is 6.92 Å². The van der Waals surface area contributed by atoms with Crippen LogP contribution in [-0.2, 0) is 22.4 Å². The van der Waals surface area contributed by atoms with Crippen molar-refractivity contribution in [2.75, 3.05) is 11.9 Å². The highest BCUT2D eigenvalue weighted by atomic mass is 35.5. The highest BCUT2D eigenvalue weighted by molar-refractivity contribution is 6.28. The van der Waals surface area contributed by atoms with Crippen LogP contribution in [0.5, 0.6) is 0 Å². The fourth-order valence-electron chi connectivity index (χ4n) is 5.19. The molecule has 11 heteroatoms. The van der Waals surface area contributed by atoms with Crippen molar-refractivity contribution in [3.8, 4) is 0 Å². The number of ether oxygens (including phenoxy) is 1. The number of alkyl halides is 4. The van der Waals surface area contributed by atoms with E-state index >= 15 is 0 Å². The lowest BCUT2D eigenvalue weighted by Crippen LogP contribution is -2.27. The summed E-state index contributed by atoms with van der Waals surface area (Å²) in [6.45, 7) is 1.51. The Morgan fingerprint density at radius 1 is 1.22 bits per heavy atom. The average Bonchev–Trinajstić information content (AvgIpc) is 3.23. The molecular formula is C26H29ClF5N3O2. The number of hydrogen-bond donors (Lipinski definition) is 1. The topological polar surface area (TPSA) is 64.1 Å². The van der Waals surface area contributed by atoms with E-state index in [1.807, 2.05) is 0 Å². The number of rotatable bonds is 8. The van der Waals surface area contributed by atoms with E-state index in [1.165, 1.54) is 12.1 Å². The van der Waals surface area contributed by atoms with Crippen molar-refractivity contribution >= 4 is 23.2 Å². The fourth-order valence-corrected chi connectivity index (χ4v) is 5.38. The summed E-state index contributed by atoms with van der Waals surface area (Å²) in [5, 5.41) is 3.11. The molecule has 3 atom stereocenters. The third-order valence-corrected chi connectivity index (χ3v) is 7.38. The van der Waals surface area contributed by atoms with Crippen molar-refractivity contribution in [3.63, 3.8) is 0 Å². The molecule has 2 unspecified atom stereocenters. The summed E-state index contributed by atoms with van der Waals surface area (Å²) < 4.78 is 72.3. The third kappa shape index (κ3) is 6.76. The minimum atomic E-state index is -3.12. The van der Waals surface area contributed by atoms with Crippen molar-refractivity contribution in [1.29, 1.82) is 0 Å². The molecule has 2 aliphatic rings. The van der Waals surface area contributed by atoms with Gasteiger partial charge in [-0.25, -0.2) is 23.1 Å². The molecule has 1 aromatic heterocycles. The number of anilines is 1. The maximum absolute atomic E-state index is 14.7. The summed E-state index contributed by atoms with van der Waals surface area (Å²) in [6.07, 6.45) is -3.38. The number of nitrogens with one attached hydrogen (secondary N) is 1. The Kier molecular flexibility index (Phi) is 8.68. The van der Waals surface area contributed by atoms with Crippen LogP contribution in [0.4, 0.5) is 27.8 Å². The molecule has 202 valence electrons. The van der Waals surface area contributed by atoms with Crippen molar-refractivity contribution < 1.29 is 31.5 Å². The molecule has 0 saturated carbocycles. The SMILES string of the molecule is C[C@@H](Nc1nc(Cl)nc2c1CC(CCC(=O)C1CCCC(F)(F)OCC1)C2)c1cccc(C(F)F)c1F. The molecule has 0 spiro atoms. The van der Waals surface area contributed by atoms with Crippen LogP contribution in [0.15, 0.2) is 18.2 Å². The molecule has 1 aliphatic heterocycles. The number of carbonyl (C=O) groups excluding carboxylic acids is 1. The molecule has 1 saturated heterocycles. The van der Waals surface area contributed by atoms with E-state index in [0.717, 1.165) is 17.3 Å². The lowest BCUT2D eigenvalue weighted by Gasteiger charge is -2.24. The van der Waals surface area contributed by atoms with Gasteiger partial charge in [-0.05, 0) is 63.0 Å². The van der Waals surface area contributed by atoms with Gasteiger partial charge in [-0.3, -0.25) is 4.79 Å². The summed E-state index contributed by atoms with van der Waals surface area (Å²) in [6, 6.07) is 3.22. The number of ketones is 1. The van der Waals surface area contributed by atoms with E-state index in [9.17, 15) is 26.7 Å². The first-order valence-electron chi connectivity index (χ1n) is 12.5. The van der Waals surface area contributed by atoms with Gasteiger partial charge in [-0.1, -0.05) is 18.2 Å². The maximum Gasteiger partial charge on any atom is 0.355 e. The molecule has 0 bridgehead atoms. The second kappa shape index (κ2) is 11.6. The molecule has 1 aromatic carbocycles. The Bertz CT molecular complexity index is 1120. The molecule has 0 amide bonds. The van der Waals surface area contributed by atoms with Gasteiger partial charge in [0.05, 0.1) is 23.9 Å². The lowest BCUT2D eigenvalue weighted by atomic mass is 9.88. The number of benzene rings is 1. The summed E-state index contributed by atoms with van der Waals surface area (Å²) in [5.74, 6) is -0.678. The van der Waals surface area contributed by atoms with Crippen LogP contribution in [0.3, 0.4) is 0 Å². The Balaban J connectivity index is 1.39. The van der Waals surface area contributed by atoms with E-state index in [2.05, 4.69) is 20.0 Å². The van der Waals surface area contributed by atoms with Gasteiger partial charge in [0.25, 0.3) is 6.43 Å². The Labute approximate surface area is 217 Å². The quantitative estimate of drug-likeness (QED) is 0.280.